The van der Waals surface area contributed by atoms with Crippen LogP contribution in [0, 0.1) is 12.8 Å². The standard InChI is InChI=1S/C31H24F3N3O6S2/c1-15-6-9-18(10-7-15)35-22(39)14-36-29-26(45-30(36)42)23(16-8-11-20(38)21(12-16)43-2)24-25(44-29)28(41)37(27(24)40)19-5-3-4-17(13-19)31(32,33)34/h3-13,23-25,38H,14H2,1-2H3,(H,35,39). The summed E-state index contributed by atoms with van der Waals surface area (Å²) in [6.07, 6.45) is -4.70. The number of thioether (sulfide) groups is 1. The van der Waals surface area contributed by atoms with Crippen LogP contribution in [0.1, 0.15) is 27.5 Å². The fraction of sp³-hybridized carbons (Fsp3) is 0.226. The Balaban J connectivity index is 1.43. The first-order chi connectivity index (χ1) is 21.4. The average Bonchev–Trinajstić information content (AvgIpc) is 3.44. The zero-order valence-corrected chi connectivity index (χ0v) is 25.3. The number of halogens is 3. The molecule has 4 aromatic rings. The molecule has 1 fully saturated rings. The number of methoxy groups -OCH3 is 1. The van der Waals surface area contributed by atoms with Gasteiger partial charge >= 0.3 is 11.0 Å². The van der Waals surface area contributed by atoms with Crippen molar-refractivity contribution in [2.45, 2.75) is 35.8 Å². The van der Waals surface area contributed by atoms with Gasteiger partial charge in [0.1, 0.15) is 11.8 Å². The lowest BCUT2D eigenvalue weighted by atomic mass is 9.83. The van der Waals surface area contributed by atoms with E-state index in [1.54, 1.807) is 12.1 Å². The number of anilines is 2. The summed E-state index contributed by atoms with van der Waals surface area (Å²) in [5, 5.41) is 12.2. The van der Waals surface area contributed by atoms with E-state index < -0.39 is 51.4 Å². The number of rotatable bonds is 6. The predicted octanol–water partition coefficient (Wildman–Crippen LogP) is 5.39. The minimum atomic E-state index is -4.70. The van der Waals surface area contributed by atoms with Crippen molar-refractivity contribution in [2.75, 3.05) is 17.3 Å². The first-order valence-corrected chi connectivity index (χ1v) is 15.3. The molecule has 3 amide bonds. The molecule has 2 aliphatic rings. The molecule has 3 aromatic carbocycles. The lowest BCUT2D eigenvalue weighted by molar-refractivity contribution is -0.137. The summed E-state index contributed by atoms with van der Waals surface area (Å²) < 4.78 is 47.1. The second-order valence-electron chi connectivity index (χ2n) is 10.6. The fourth-order valence-corrected chi connectivity index (χ4v) is 8.33. The summed E-state index contributed by atoms with van der Waals surface area (Å²) in [6.45, 7) is 1.52. The van der Waals surface area contributed by atoms with Gasteiger partial charge in [-0.1, -0.05) is 52.9 Å². The molecule has 6 rings (SSSR count). The van der Waals surface area contributed by atoms with Crippen LogP contribution in [-0.4, -0.2) is 39.8 Å². The van der Waals surface area contributed by atoms with Crippen molar-refractivity contribution in [2.24, 2.45) is 5.92 Å². The minimum absolute atomic E-state index is 0.0830. The molecule has 45 heavy (non-hydrogen) atoms. The van der Waals surface area contributed by atoms with Gasteiger partial charge in [-0.05, 0) is 55.0 Å². The molecule has 3 atom stereocenters. The van der Waals surface area contributed by atoms with Crippen LogP contribution in [0.25, 0.3) is 0 Å². The van der Waals surface area contributed by atoms with Crippen LogP contribution in [0.4, 0.5) is 24.5 Å². The zero-order chi connectivity index (χ0) is 32.2. The maximum Gasteiger partial charge on any atom is 0.416 e. The number of hydrogen-bond acceptors (Lipinski definition) is 8. The van der Waals surface area contributed by atoms with Crippen molar-refractivity contribution < 1.29 is 37.4 Å². The van der Waals surface area contributed by atoms with Crippen molar-refractivity contribution in [1.29, 1.82) is 0 Å². The number of fused-ring (bicyclic) bond motifs is 2. The number of nitrogens with zero attached hydrogens (tertiary/aromatic N) is 2. The number of carbonyl (C=O) groups is 3. The Hall–Kier alpha value is -4.56. The lowest BCUT2D eigenvalue weighted by Crippen LogP contribution is -2.33. The van der Waals surface area contributed by atoms with Crippen molar-refractivity contribution >= 4 is 52.2 Å². The normalized spacial score (nSPS) is 19.3. The molecule has 0 aliphatic carbocycles. The van der Waals surface area contributed by atoms with Gasteiger partial charge in [-0.15, -0.1) is 0 Å². The number of benzene rings is 3. The molecule has 0 spiro atoms. The molecule has 1 aromatic heterocycles. The SMILES string of the molecule is COc1cc(C2c3sc(=O)n(CC(=O)Nc4ccc(C)cc4)c3SC3C(=O)N(c4cccc(C(F)(F)F)c4)C(=O)C32)ccc1O. The van der Waals surface area contributed by atoms with Crippen molar-refractivity contribution in [1.82, 2.24) is 4.57 Å². The van der Waals surface area contributed by atoms with Crippen molar-refractivity contribution in [3.8, 4) is 11.5 Å². The van der Waals surface area contributed by atoms with Gasteiger partial charge in [0.25, 0.3) is 0 Å². The van der Waals surface area contributed by atoms with Crippen LogP contribution in [0.3, 0.4) is 0 Å². The maximum atomic E-state index is 14.0. The molecular weight excluding hydrogens is 631 g/mol. The number of imide groups is 1. The number of aromatic nitrogens is 1. The Labute approximate surface area is 262 Å². The van der Waals surface area contributed by atoms with Gasteiger partial charge in [0.2, 0.25) is 17.7 Å². The molecule has 3 unspecified atom stereocenters. The third kappa shape index (κ3) is 5.48. The summed E-state index contributed by atoms with van der Waals surface area (Å²) in [4.78, 5) is 54.9. The average molecular weight is 656 g/mol. The van der Waals surface area contributed by atoms with E-state index >= 15 is 0 Å². The number of aryl methyl sites for hydroxylation is 1. The molecule has 14 heteroatoms. The monoisotopic (exact) mass is 655 g/mol. The largest absolute Gasteiger partial charge is 0.504 e. The lowest BCUT2D eigenvalue weighted by Gasteiger charge is -2.31. The Morgan fingerprint density at radius 2 is 1.76 bits per heavy atom. The molecule has 9 nitrogen and oxygen atoms in total. The first-order valence-electron chi connectivity index (χ1n) is 13.6. The number of phenols is 1. The van der Waals surface area contributed by atoms with Crippen LogP contribution in [0.15, 0.2) is 76.6 Å². The molecule has 0 bridgehead atoms. The molecule has 3 heterocycles. The maximum absolute atomic E-state index is 14.0. The second-order valence-corrected chi connectivity index (χ2v) is 12.7. The van der Waals surface area contributed by atoms with E-state index in [2.05, 4.69) is 5.32 Å². The number of ether oxygens (including phenoxy) is 1. The Bertz CT molecular complexity index is 1900. The van der Waals surface area contributed by atoms with E-state index in [9.17, 15) is 37.5 Å². The van der Waals surface area contributed by atoms with Crippen LogP contribution in [0.5, 0.6) is 11.5 Å². The van der Waals surface area contributed by atoms with Crippen LogP contribution in [-0.2, 0) is 27.1 Å². The summed E-state index contributed by atoms with van der Waals surface area (Å²) >= 11 is 1.75. The molecule has 232 valence electrons. The highest BCUT2D eigenvalue weighted by Crippen LogP contribution is 2.54. The Kier molecular flexibility index (Phi) is 7.73. The smallest absolute Gasteiger partial charge is 0.416 e. The van der Waals surface area contributed by atoms with E-state index in [-0.39, 0.29) is 23.7 Å². The number of carbonyl (C=O) groups excluding carboxylic acids is 3. The molecule has 2 aliphatic heterocycles. The molecule has 0 saturated carbocycles. The molecule has 2 N–H and O–H groups in total. The van der Waals surface area contributed by atoms with Crippen LogP contribution < -0.4 is 19.8 Å². The first kappa shape index (κ1) is 30.5. The topological polar surface area (TPSA) is 118 Å². The Morgan fingerprint density at radius 1 is 1.02 bits per heavy atom. The zero-order valence-electron chi connectivity index (χ0n) is 23.6. The number of hydrogen-bond donors (Lipinski definition) is 2. The minimum Gasteiger partial charge on any atom is -0.504 e. The van der Waals surface area contributed by atoms with Gasteiger partial charge in [0.05, 0.1) is 29.3 Å². The van der Waals surface area contributed by atoms with Gasteiger partial charge in [-0.2, -0.15) is 13.2 Å². The van der Waals surface area contributed by atoms with E-state index in [0.717, 1.165) is 51.8 Å². The summed E-state index contributed by atoms with van der Waals surface area (Å²) in [7, 11) is 1.34. The number of thiazole rings is 1. The molecule has 0 radical (unpaired) electrons. The third-order valence-electron chi connectivity index (χ3n) is 7.68. The van der Waals surface area contributed by atoms with Crippen LogP contribution >= 0.6 is 23.1 Å². The van der Waals surface area contributed by atoms with E-state index in [1.165, 1.54) is 35.9 Å². The van der Waals surface area contributed by atoms with Crippen molar-refractivity contribution in [3.05, 3.63) is 98.0 Å². The van der Waals surface area contributed by atoms with E-state index in [4.69, 9.17) is 4.74 Å². The van der Waals surface area contributed by atoms with Gasteiger partial charge in [0, 0.05) is 16.5 Å². The highest BCUT2D eigenvalue weighted by atomic mass is 32.2. The predicted molar refractivity (Wildman–Crippen MR) is 162 cm³/mol. The summed E-state index contributed by atoms with van der Waals surface area (Å²) in [6, 6.07) is 15.4. The van der Waals surface area contributed by atoms with Gasteiger partial charge in [0.15, 0.2) is 11.5 Å². The second kappa shape index (κ2) is 11.4. The number of alkyl halides is 3. The van der Waals surface area contributed by atoms with Gasteiger partial charge < -0.3 is 15.2 Å². The highest BCUT2D eigenvalue weighted by Gasteiger charge is 2.57. The highest BCUT2D eigenvalue weighted by molar-refractivity contribution is 8.00. The van der Waals surface area contributed by atoms with Crippen molar-refractivity contribution in [3.63, 3.8) is 0 Å². The van der Waals surface area contributed by atoms with E-state index in [0.29, 0.717) is 21.2 Å². The fourth-order valence-electron chi connectivity index (χ4n) is 5.56. The number of nitrogens with one attached hydrogen (secondary N) is 1. The van der Waals surface area contributed by atoms with E-state index in [1.807, 2.05) is 19.1 Å². The summed E-state index contributed by atoms with van der Waals surface area (Å²) in [5.41, 5.74) is 0.711. The van der Waals surface area contributed by atoms with Crippen LogP contribution in [0.2, 0.25) is 0 Å². The number of amides is 3. The number of phenolic OH excluding ortho intramolecular Hbond substituents is 1. The molecular formula is C31H24F3N3O6S2. The summed E-state index contributed by atoms with van der Waals surface area (Å²) in [5.74, 6) is -4.08. The number of aromatic hydroxyl groups is 1. The van der Waals surface area contributed by atoms with Gasteiger partial charge in [-0.25, -0.2) is 4.90 Å². The quantitative estimate of drug-likeness (QED) is 0.268. The third-order valence-corrected chi connectivity index (χ3v) is 10.3. The van der Waals surface area contributed by atoms with Gasteiger partial charge in [-0.3, -0.25) is 23.7 Å². The molecule has 1 saturated heterocycles. The Morgan fingerprint density at radius 3 is 2.44 bits per heavy atom.